The summed E-state index contributed by atoms with van der Waals surface area (Å²) in [5, 5.41) is 0.652. The molecule has 43 heavy (non-hydrogen) atoms. The quantitative estimate of drug-likeness (QED) is 0.420. The summed E-state index contributed by atoms with van der Waals surface area (Å²) in [6.45, 7) is 9.57. The van der Waals surface area contributed by atoms with Gasteiger partial charge in [0.15, 0.2) is 0 Å². The van der Waals surface area contributed by atoms with Crippen molar-refractivity contribution in [3.8, 4) is 11.5 Å². The molecule has 0 N–H and O–H groups in total. The van der Waals surface area contributed by atoms with Gasteiger partial charge in [-0.05, 0) is 74.4 Å². The van der Waals surface area contributed by atoms with Gasteiger partial charge in [0.05, 0.1) is 14.2 Å². The van der Waals surface area contributed by atoms with Crippen molar-refractivity contribution in [2.75, 3.05) is 71.5 Å². The Balaban J connectivity index is 1.18. The van der Waals surface area contributed by atoms with Crippen LogP contribution in [0.25, 0.3) is 0 Å². The Kier molecular flexibility index (Phi) is 9.82. The maximum atomic E-state index is 13.8. The number of nitrogens with zero attached hydrogens (tertiary/aromatic N) is 4. The number of carbonyl (C=O) groups excluding carboxylic acids is 3. The number of fused-ring (bicyclic) bond motifs is 1. The number of rotatable bonds is 9. The molecule has 5 rings (SSSR count). The van der Waals surface area contributed by atoms with Gasteiger partial charge in [-0.15, -0.1) is 0 Å². The zero-order valence-electron chi connectivity index (χ0n) is 25.7. The van der Waals surface area contributed by atoms with Crippen molar-refractivity contribution < 1.29 is 23.9 Å². The molecule has 2 aromatic carbocycles. The lowest BCUT2D eigenvalue weighted by Crippen LogP contribution is -2.44. The summed E-state index contributed by atoms with van der Waals surface area (Å²) in [4.78, 5) is 47.2. The van der Waals surface area contributed by atoms with Crippen LogP contribution in [0.4, 0.5) is 5.69 Å². The Morgan fingerprint density at radius 3 is 2.12 bits per heavy atom. The number of ether oxygens (including phenoxy) is 2. The second kappa shape index (κ2) is 13.6. The molecule has 0 radical (unpaired) electrons. The average Bonchev–Trinajstić information content (AvgIpc) is 3.59. The van der Waals surface area contributed by atoms with E-state index in [1.807, 2.05) is 45.9 Å². The molecular formula is C33H43ClN4O5. The van der Waals surface area contributed by atoms with Gasteiger partial charge < -0.3 is 29.1 Å². The van der Waals surface area contributed by atoms with Gasteiger partial charge in [-0.1, -0.05) is 23.7 Å². The first-order valence-corrected chi connectivity index (χ1v) is 15.6. The third-order valence-corrected chi connectivity index (χ3v) is 9.78. The molecule has 10 heteroatoms. The lowest BCUT2D eigenvalue weighted by Gasteiger charge is -2.34. The number of aryl methyl sites for hydroxylation is 1. The first kappa shape index (κ1) is 31.1. The topological polar surface area (TPSA) is 82.6 Å². The van der Waals surface area contributed by atoms with E-state index in [4.69, 9.17) is 21.1 Å². The van der Waals surface area contributed by atoms with Gasteiger partial charge >= 0.3 is 0 Å². The second-order valence-corrected chi connectivity index (χ2v) is 12.5. The largest absolute Gasteiger partial charge is 0.496 e. The van der Waals surface area contributed by atoms with E-state index in [0.29, 0.717) is 79.5 Å². The summed E-state index contributed by atoms with van der Waals surface area (Å²) in [6.07, 6.45) is 2.20. The minimum atomic E-state index is -0.104. The number of methoxy groups -OCH3 is 2. The second-order valence-electron chi connectivity index (χ2n) is 12.1. The highest BCUT2D eigenvalue weighted by molar-refractivity contribution is 6.31. The van der Waals surface area contributed by atoms with Gasteiger partial charge in [-0.25, -0.2) is 0 Å². The number of benzene rings is 2. The molecule has 3 aliphatic rings. The number of halogens is 1. The molecule has 3 heterocycles. The summed E-state index contributed by atoms with van der Waals surface area (Å²) in [5.41, 5.74) is 2.29. The van der Waals surface area contributed by atoms with Crippen molar-refractivity contribution in [2.45, 2.75) is 33.1 Å². The van der Waals surface area contributed by atoms with Crippen LogP contribution in [0, 0.1) is 24.7 Å². The molecule has 2 unspecified atom stereocenters. The number of hydrogen-bond acceptors (Lipinski definition) is 6. The van der Waals surface area contributed by atoms with Crippen LogP contribution in [0.2, 0.25) is 5.02 Å². The number of piperidine rings is 1. The van der Waals surface area contributed by atoms with Crippen molar-refractivity contribution >= 4 is 35.0 Å². The molecule has 232 valence electrons. The van der Waals surface area contributed by atoms with E-state index in [-0.39, 0.29) is 23.6 Å². The third kappa shape index (κ3) is 6.78. The summed E-state index contributed by atoms with van der Waals surface area (Å²) in [5.74, 6) is 1.93. The fourth-order valence-corrected chi connectivity index (χ4v) is 7.06. The summed E-state index contributed by atoms with van der Waals surface area (Å²) in [7, 11) is 3.14. The minimum absolute atomic E-state index is 0.0460. The summed E-state index contributed by atoms with van der Waals surface area (Å²) in [6, 6.07) is 11.2. The zero-order valence-corrected chi connectivity index (χ0v) is 26.4. The molecule has 2 aromatic rings. The Hall–Kier alpha value is -3.30. The maximum absolute atomic E-state index is 13.8. The van der Waals surface area contributed by atoms with Crippen LogP contribution in [0.3, 0.4) is 0 Å². The molecule has 3 amide bonds. The number of amides is 3. The molecular weight excluding hydrogens is 568 g/mol. The van der Waals surface area contributed by atoms with E-state index >= 15 is 0 Å². The molecule has 0 saturated carbocycles. The van der Waals surface area contributed by atoms with Gasteiger partial charge in [0.2, 0.25) is 11.8 Å². The van der Waals surface area contributed by atoms with E-state index in [9.17, 15) is 14.4 Å². The van der Waals surface area contributed by atoms with Gasteiger partial charge in [0, 0.05) is 69.4 Å². The molecule has 9 nitrogen and oxygen atoms in total. The SMILES string of the molecule is COc1cccc(OC)c1C(=O)N1CC2CN(CCCN(C(=O)C3CCN(C(C)=O)CC3)c3ccc(C)c(Cl)c3)CC2C1. The first-order chi connectivity index (χ1) is 20.7. The Labute approximate surface area is 259 Å². The minimum Gasteiger partial charge on any atom is -0.496 e. The van der Waals surface area contributed by atoms with Crippen molar-refractivity contribution in [2.24, 2.45) is 17.8 Å². The van der Waals surface area contributed by atoms with Gasteiger partial charge in [-0.2, -0.15) is 0 Å². The van der Waals surface area contributed by atoms with Crippen molar-refractivity contribution in [1.29, 1.82) is 0 Å². The van der Waals surface area contributed by atoms with E-state index in [2.05, 4.69) is 4.90 Å². The van der Waals surface area contributed by atoms with Gasteiger partial charge in [-0.3, -0.25) is 14.4 Å². The first-order valence-electron chi connectivity index (χ1n) is 15.3. The van der Waals surface area contributed by atoms with Gasteiger partial charge in [0.1, 0.15) is 17.1 Å². The summed E-state index contributed by atoms with van der Waals surface area (Å²) >= 11 is 6.47. The normalized spacial score (nSPS) is 20.7. The molecule has 0 spiro atoms. The van der Waals surface area contributed by atoms with Crippen molar-refractivity contribution in [1.82, 2.24) is 14.7 Å². The molecule has 3 aliphatic heterocycles. The van der Waals surface area contributed by atoms with E-state index in [0.717, 1.165) is 37.3 Å². The highest BCUT2D eigenvalue weighted by Crippen LogP contribution is 2.36. The number of anilines is 1. The smallest absolute Gasteiger partial charge is 0.261 e. The predicted molar refractivity (Wildman–Crippen MR) is 167 cm³/mol. The fourth-order valence-electron chi connectivity index (χ4n) is 6.89. The monoisotopic (exact) mass is 610 g/mol. The lowest BCUT2D eigenvalue weighted by atomic mass is 9.94. The number of carbonyl (C=O) groups is 3. The third-order valence-electron chi connectivity index (χ3n) is 9.37. The molecule has 2 atom stereocenters. The Morgan fingerprint density at radius 1 is 0.930 bits per heavy atom. The van der Waals surface area contributed by atoms with Crippen LogP contribution < -0.4 is 14.4 Å². The van der Waals surface area contributed by atoms with Crippen LogP contribution in [0.5, 0.6) is 11.5 Å². The molecule has 0 aromatic heterocycles. The molecule has 3 saturated heterocycles. The fraction of sp³-hybridized carbons (Fsp3) is 0.545. The lowest BCUT2D eigenvalue weighted by molar-refractivity contribution is -0.133. The molecule has 0 bridgehead atoms. The van der Waals surface area contributed by atoms with Crippen LogP contribution in [-0.4, -0.2) is 99.0 Å². The predicted octanol–water partition coefficient (Wildman–Crippen LogP) is 4.35. The van der Waals surface area contributed by atoms with Gasteiger partial charge in [0.25, 0.3) is 5.91 Å². The number of likely N-dealkylation sites (tertiary alicyclic amines) is 3. The average molecular weight is 611 g/mol. The Morgan fingerprint density at radius 2 is 1.56 bits per heavy atom. The van der Waals surface area contributed by atoms with Crippen LogP contribution in [0.15, 0.2) is 36.4 Å². The number of hydrogen-bond donors (Lipinski definition) is 0. The Bertz CT molecular complexity index is 1310. The van der Waals surface area contributed by atoms with Crippen molar-refractivity contribution in [3.63, 3.8) is 0 Å². The van der Waals surface area contributed by atoms with Crippen LogP contribution >= 0.6 is 11.6 Å². The molecule has 0 aliphatic carbocycles. The summed E-state index contributed by atoms with van der Waals surface area (Å²) < 4.78 is 10.9. The van der Waals surface area contributed by atoms with E-state index in [1.54, 1.807) is 33.3 Å². The molecule has 3 fully saturated rings. The van der Waals surface area contributed by atoms with E-state index < -0.39 is 0 Å². The van der Waals surface area contributed by atoms with Crippen LogP contribution in [-0.2, 0) is 9.59 Å². The van der Waals surface area contributed by atoms with E-state index in [1.165, 1.54) is 0 Å². The standard InChI is InChI=1S/C33H43ClN4O5/c1-22-9-10-27(17-28(22)34)38(32(40)24-11-15-36(16-12-24)23(2)39)14-6-13-35-18-25-20-37(21-26(25)19-35)33(41)31-29(42-3)7-5-8-30(31)43-4/h5,7-10,17,24-26H,6,11-16,18-21H2,1-4H3. The highest BCUT2D eigenvalue weighted by Gasteiger charge is 2.42. The van der Waals surface area contributed by atoms with Crippen LogP contribution in [0.1, 0.15) is 42.1 Å². The highest BCUT2D eigenvalue weighted by atomic mass is 35.5. The maximum Gasteiger partial charge on any atom is 0.261 e. The van der Waals surface area contributed by atoms with Crippen molar-refractivity contribution in [3.05, 3.63) is 52.5 Å². The zero-order chi connectivity index (χ0) is 30.7.